The molecule has 0 aliphatic carbocycles. The number of rotatable bonds is 5. The number of methoxy groups -OCH3 is 2. The Morgan fingerprint density at radius 1 is 1.00 bits per heavy atom. The molecule has 5 rings (SSSR count). The second kappa shape index (κ2) is 11.2. The highest BCUT2D eigenvalue weighted by Gasteiger charge is 2.33. The maximum Gasteiger partial charge on any atom is 0.416 e. The third-order valence-corrected chi connectivity index (χ3v) is 7.24. The van der Waals surface area contributed by atoms with E-state index in [1.807, 2.05) is 0 Å². The summed E-state index contributed by atoms with van der Waals surface area (Å²) in [5.74, 6) is 0.777. The van der Waals surface area contributed by atoms with E-state index < -0.39 is 23.7 Å². The van der Waals surface area contributed by atoms with Crippen molar-refractivity contribution in [3.05, 3.63) is 77.1 Å². The molecule has 9 nitrogen and oxygen atoms in total. The number of fused-ring (bicyclic) bond motifs is 2. The van der Waals surface area contributed by atoms with Gasteiger partial charge in [-0.3, -0.25) is 9.69 Å². The van der Waals surface area contributed by atoms with Gasteiger partial charge in [0.1, 0.15) is 12.1 Å². The minimum atomic E-state index is -4.53. The molecule has 1 N–H and O–H groups in total. The molecule has 0 spiro atoms. The van der Waals surface area contributed by atoms with Crippen LogP contribution < -0.4 is 24.6 Å². The second-order valence-electron chi connectivity index (χ2n) is 9.84. The first-order valence-corrected chi connectivity index (χ1v) is 13.1. The van der Waals surface area contributed by atoms with E-state index in [4.69, 9.17) is 9.47 Å². The Morgan fingerprint density at radius 3 is 2.45 bits per heavy atom. The zero-order valence-corrected chi connectivity index (χ0v) is 23.4. The zero-order chi connectivity index (χ0) is 30.2. The van der Waals surface area contributed by atoms with Gasteiger partial charge in [-0.1, -0.05) is 12.1 Å². The number of anilines is 3. The van der Waals surface area contributed by atoms with E-state index in [0.29, 0.717) is 57.9 Å². The third kappa shape index (κ3) is 5.39. The number of benzene rings is 3. The van der Waals surface area contributed by atoms with Crippen LogP contribution in [-0.2, 0) is 12.6 Å². The van der Waals surface area contributed by atoms with Gasteiger partial charge in [-0.05, 0) is 61.2 Å². The lowest BCUT2D eigenvalue weighted by Crippen LogP contribution is -2.36. The molecule has 4 aromatic rings. The molecule has 0 radical (unpaired) electrons. The van der Waals surface area contributed by atoms with Crippen molar-refractivity contribution in [3.8, 4) is 11.5 Å². The minimum Gasteiger partial charge on any atom is -0.493 e. The standard InChI is InChI=1S/C30H28F3N5O4/c1-17-7-8-19(28(39)38-11-5-6-18-9-10-20(13-24(18)38)30(31,32)33)12-22(17)36-29(40)37(2)27-21-14-25(41-3)26(42-4)15-23(21)34-16-35-27/h7-10,12-16H,5-6,11H2,1-4H3,(H,36,40). The quantitative estimate of drug-likeness (QED) is 0.301. The molecule has 0 bridgehead atoms. The van der Waals surface area contributed by atoms with E-state index >= 15 is 0 Å². The van der Waals surface area contributed by atoms with Crippen molar-refractivity contribution in [2.24, 2.45) is 0 Å². The number of alkyl halides is 3. The van der Waals surface area contributed by atoms with E-state index in [9.17, 15) is 22.8 Å². The number of carbonyl (C=O) groups excluding carboxylic acids is 2. The average molecular weight is 580 g/mol. The van der Waals surface area contributed by atoms with Crippen LogP contribution in [-0.4, -0.2) is 49.7 Å². The van der Waals surface area contributed by atoms with Crippen molar-refractivity contribution in [2.75, 3.05) is 42.9 Å². The van der Waals surface area contributed by atoms with E-state index in [0.717, 1.165) is 12.1 Å². The van der Waals surface area contributed by atoms with Crippen molar-refractivity contribution in [2.45, 2.75) is 25.9 Å². The lowest BCUT2D eigenvalue weighted by Gasteiger charge is -2.30. The van der Waals surface area contributed by atoms with Crippen molar-refractivity contribution in [3.63, 3.8) is 0 Å². The largest absolute Gasteiger partial charge is 0.493 e. The number of nitrogens with one attached hydrogen (secondary N) is 1. The number of ether oxygens (including phenoxy) is 2. The maximum absolute atomic E-state index is 13.6. The molecular formula is C30H28F3N5O4. The van der Waals surface area contributed by atoms with Crippen LogP contribution in [0.4, 0.5) is 35.2 Å². The number of aromatic nitrogens is 2. The Labute approximate surface area is 239 Å². The summed E-state index contributed by atoms with van der Waals surface area (Å²) in [5.41, 5.74) is 1.94. The SMILES string of the molecule is COc1cc2ncnc(N(C)C(=O)Nc3cc(C(=O)N4CCCc5ccc(C(F)(F)F)cc54)ccc3C)c2cc1OC. The number of amides is 3. The number of aryl methyl sites for hydroxylation is 2. The number of carbonyl (C=O) groups is 2. The van der Waals surface area contributed by atoms with Gasteiger partial charge in [0, 0.05) is 42.0 Å². The van der Waals surface area contributed by atoms with Crippen LogP contribution in [0.5, 0.6) is 11.5 Å². The number of hydrogen-bond donors (Lipinski definition) is 1. The molecule has 0 unspecified atom stereocenters. The predicted octanol–water partition coefficient (Wildman–Crippen LogP) is 6.24. The van der Waals surface area contributed by atoms with E-state index in [-0.39, 0.29) is 17.8 Å². The average Bonchev–Trinajstić information content (AvgIpc) is 2.99. The summed E-state index contributed by atoms with van der Waals surface area (Å²) in [5, 5.41) is 3.37. The lowest BCUT2D eigenvalue weighted by atomic mass is 9.98. The first-order chi connectivity index (χ1) is 20.0. The van der Waals surface area contributed by atoms with Crippen molar-refractivity contribution >= 4 is 40.0 Å². The van der Waals surface area contributed by atoms with Crippen LogP contribution >= 0.6 is 0 Å². The number of halogens is 3. The number of nitrogens with zero attached hydrogens (tertiary/aromatic N) is 4. The second-order valence-corrected chi connectivity index (χ2v) is 9.84. The third-order valence-electron chi connectivity index (χ3n) is 7.24. The normalized spacial score (nSPS) is 13.0. The number of hydrogen-bond acceptors (Lipinski definition) is 6. The molecule has 1 aromatic heterocycles. The molecule has 12 heteroatoms. The van der Waals surface area contributed by atoms with Crippen LogP contribution in [0.25, 0.3) is 10.9 Å². The van der Waals surface area contributed by atoms with Gasteiger partial charge in [0.15, 0.2) is 11.5 Å². The molecule has 2 heterocycles. The summed E-state index contributed by atoms with van der Waals surface area (Å²) in [6, 6.07) is 11.1. The first kappa shape index (κ1) is 28.7. The molecule has 218 valence electrons. The minimum absolute atomic E-state index is 0.230. The van der Waals surface area contributed by atoms with E-state index in [1.54, 1.807) is 38.2 Å². The number of urea groups is 1. The summed E-state index contributed by atoms with van der Waals surface area (Å²) >= 11 is 0. The Morgan fingerprint density at radius 2 is 1.74 bits per heavy atom. The van der Waals surface area contributed by atoms with Gasteiger partial charge in [-0.2, -0.15) is 13.2 Å². The van der Waals surface area contributed by atoms with Crippen LogP contribution in [0.1, 0.15) is 33.5 Å². The Balaban J connectivity index is 1.42. The van der Waals surface area contributed by atoms with Crippen LogP contribution in [0.2, 0.25) is 0 Å². The Hall–Kier alpha value is -4.87. The monoisotopic (exact) mass is 579 g/mol. The lowest BCUT2D eigenvalue weighted by molar-refractivity contribution is -0.137. The van der Waals surface area contributed by atoms with Gasteiger partial charge in [0.05, 0.1) is 25.3 Å². The first-order valence-electron chi connectivity index (χ1n) is 13.1. The fourth-order valence-corrected chi connectivity index (χ4v) is 4.94. The molecule has 1 aliphatic rings. The Kier molecular flexibility index (Phi) is 7.63. The molecular weight excluding hydrogens is 551 g/mol. The van der Waals surface area contributed by atoms with E-state index in [2.05, 4.69) is 15.3 Å². The van der Waals surface area contributed by atoms with E-state index in [1.165, 1.54) is 42.5 Å². The van der Waals surface area contributed by atoms with Gasteiger partial charge in [0.2, 0.25) is 0 Å². The van der Waals surface area contributed by atoms with Crippen LogP contribution in [0.15, 0.2) is 54.9 Å². The molecule has 42 heavy (non-hydrogen) atoms. The van der Waals surface area contributed by atoms with Gasteiger partial charge in [-0.15, -0.1) is 0 Å². The highest BCUT2D eigenvalue weighted by molar-refractivity contribution is 6.09. The molecule has 3 aromatic carbocycles. The molecule has 0 atom stereocenters. The fraction of sp³-hybridized carbons (Fsp3) is 0.267. The predicted molar refractivity (Wildman–Crippen MR) is 153 cm³/mol. The smallest absolute Gasteiger partial charge is 0.416 e. The molecule has 0 saturated heterocycles. The fourth-order valence-electron chi connectivity index (χ4n) is 4.94. The summed E-state index contributed by atoms with van der Waals surface area (Å²) in [6.45, 7) is 2.05. The van der Waals surface area contributed by atoms with Gasteiger partial charge in [0.25, 0.3) is 5.91 Å². The van der Waals surface area contributed by atoms with Crippen LogP contribution in [0, 0.1) is 6.92 Å². The molecule has 0 fully saturated rings. The highest BCUT2D eigenvalue weighted by atomic mass is 19.4. The Bertz CT molecular complexity index is 1690. The highest BCUT2D eigenvalue weighted by Crippen LogP contribution is 2.37. The van der Waals surface area contributed by atoms with Crippen LogP contribution in [0.3, 0.4) is 0 Å². The van der Waals surface area contributed by atoms with Gasteiger partial charge in [-0.25, -0.2) is 14.8 Å². The van der Waals surface area contributed by atoms with Crippen molar-refractivity contribution in [1.82, 2.24) is 9.97 Å². The van der Waals surface area contributed by atoms with Gasteiger partial charge < -0.3 is 19.7 Å². The summed E-state index contributed by atoms with van der Waals surface area (Å²) in [7, 11) is 4.55. The summed E-state index contributed by atoms with van der Waals surface area (Å²) < 4.78 is 50.9. The van der Waals surface area contributed by atoms with Crippen molar-refractivity contribution < 1.29 is 32.2 Å². The van der Waals surface area contributed by atoms with Crippen molar-refractivity contribution in [1.29, 1.82) is 0 Å². The topological polar surface area (TPSA) is 96.9 Å². The van der Waals surface area contributed by atoms with Gasteiger partial charge >= 0.3 is 12.2 Å². The summed E-state index contributed by atoms with van der Waals surface area (Å²) in [6.07, 6.45) is -2.00. The molecule has 1 aliphatic heterocycles. The zero-order valence-electron chi connectivity index (χ0n) is 23.4. The summed E-state index contributed by atoms with van der Waals surface area (Å²) in [4.78, 5) is 38.2. The molecule has 3 amide bonds. The maximum atomic E-state index is 13.6. The molecule has 0 saturated carbocycles.